The minimum atomic E-state index is -0.300. The molecule has 5 aromatic rings. The Morgan fingerprint density at radius 1 is 0.933 bits per heavy atom. The molecule has 7 nitrogen and oxygen atoms in total. The van der Waals surface area contributed by atoms with Crippen LogP contribution in [0.2, 0.25) is 15.1 Å². The lowest BCUT2D eigenvalue weighted by atomic mass is 9.96. The molecule has 0 fully saturated rings. The van der Waals surface area contributed by atoms with Crippen LogP contribution in [-0.4, -0.2) is 29.6 Å². The normalized spacial score (nSPS) is 11.5. The highest BCUT2D eigenvalue weighted by Gasteiger charge is 2.19. The summed E-state index contributed by atoms with van der Waals surface area (Å²) in [5.41, 5.74) is 4.37. The van der Waals surface area contributed by atoms with E-state index < -0.39 is 0 Å². The highest BCUT2D eigenvalue weighted by molar-refractivity contribution is 6.42. The number of fused-ring (bicyclic) bond motifs is 1. The van der Waals surface area contributed by atoms with Gasteiger partial charge in [0.1, 0.15) is 12.4 Å². The molecule has 0 bridgehead atoms. The maximum atomic E-state index is 13.8. The maximum absolute atomic E-state index is 13.8. The van der Waals surface area contributed by atoms with E-state index in [4.69, 9.17) is 54.0 Å². The second-order valence-electron chi connectivity index (χ2n) is 10.7. The number of nitrogens with zero attached hydrogens (tertiary/aromatic N) is 3. The Bertz CT molecular complexity index is 1970. The number of benzene rings is 4. The van der Waals surface area contributed by atoms with Crippen LogP contribution < -0.4 is 19.8 Å². The summed E-state index contributed by atoms with van der Waals surface area (Å²) in [6.45, 7) is 8.59. The molecule has 10 heteroatoms. The van der Waals surface area contributed by atoms with E-state index in [2.05, 4.69) is 18.9 Å². The van der Waals surface area contributed by atoms with Gasteiger partial charge < -0.3 is 14.2 Å². The number of hydrogen-bond acceptors (Lipinski definition) is 6. The van der Waals surface area contributed by atoms with Crippen molar-refractivity contribution in [1.82, 2.24) is 9.66 Å². The number of ether oxygens (including phenoxy) is 3. The van der Waals surface area contributed by atoms with Gasteiger partial charge in [-0.1, -0.05) is 66.8 Å². The van der Waals surface area contributed by atoms with E-state index in [1.54, 1.807) is 49.7 Å². The molecule has 1 aromatic heterocycles. The van der Waals surface area contributed by atoms with Crippen molar-refractivity contribution in [3.05, 3.63) is 114 Å². The third-order valence-electron chi connectivity index (χ3n) is 7.21. The minimum Gasteiger partial charge on any atom is -0.496 e. The van der Waals surface area contributed by atoms with E-state index in [0.29, 0.717) is 55.5 Å². The Morgan fingerprint density at radius 3 is 2.42 bits per heavy atom. The first-order valence-electron chi connectivity index (χ1n) is 14.4. The fourth-order valence-corrected chi connectivity index (χ4v) is 5.54. The average Bonchev–Trinajstić information content (AvgIpc) is 3.01. The molecule has 0 spiro atoms. The summed E-state index contributed by atoms with van der Waals surface area (Å²) in [6, 6.07) is 19.9. The minimum absolute atomic E-state index is 0.181. The molecule has 0 aliphatic rings. The second kappa shape index (κ2) is 13.9. The number of para-hydroxylation sites is 1. The Kier molecular flexibility index (Phi) is 10.0. The van der Waals surface area contributed by atoms with Gasteiger partial charge in [0.15, 0.2) is 17.3 Å². The first-order valence-corrected chi connectivity index (χ1v) is 15.5. The lowest BCUT2D eigenvalue weighted by Gasteiger charge is -2.17. The summed E-state index contributed by atoms with van der Waals surface area (Å²) >= 11 is 18.9. The smallest absolute Gasteiger partial charge is 0.282 e. The SMILES string of the molecule is CCOc1cc(C=Nn2c(-c3cc(C(C)C)c(OC)cc3C)nc3ccccc3c2=O)cc(Cl)c1OCc1ccc(Cl)c(Cl)c1. The number of aromatic nitrogens is 2. The first kappa shape index (κ1) is 32.4. The average molecular weight is 665 g/mol. The Balaban J connectivity index is 1.58. The molecular formula is C35H32Cl3N3O4. The van der Waals surface area contributed by atoms with Crippen LogP contribution >= 0.6 is 34.8 Å². The summed E-state index contributed by atoms with van der Waals surface area (Å²) < 4.78 is 18.9. The van der Waals surface area contributed by atoms with E-state index in [1.165, 1.54) is 4.68 Å². The van der Waals surface area contributed by atoms with Crippen LogP contribution in [0, 0.1) is 6.92 Å². The largest absolute Gasteiger partial charge is 0.496 e. The third-order valence-corrected chi connectivity index (χ3v) is 8.23. The zero-order valence-electron chi connectivity index (χ0n) is 25.5. The van der Waals surface area contributed by atoms with Gasteiger partial charge in [-0.05, 0) is 90.6 Å². The molecule has 0 aliphatic carbocycles. The van der Waals surface area contributed by atoms with Gasteiger partial charge in [-0.2, -0.15) is 9.78 Å². The fraction of sp³-hybridized carbons (Fsp3) is 0.229. The number of rotatable bonds is 10. The van der Waals surface area contributed by atoms with Crippen LogP contribution in [0.15, 0.2) is 76.6 Å². The highest BCUT2D eigenvalue weighted by atomic mass is 35.5. The highest BCUT2D eigenvalue weighted by Crippen LogP contribution is 2.38. The van der Waals surface area contributed by atoms with Crippen molar-refractivity contribution in [2.45, 2.75) is 40.2 Å². The quantitative estimate of drug-likeness (QED) is 0.139. The van der Waals surface area contributed by atoms with Gasteiger partial charge in [0, 0.05) is 5.56 Å². The Hall–Kier alpha value is -4.04. The molecule has 1 heterocycles. The van der Waals surface area contributed by atoms with E-state index in [1.807, 2.05) is 44.2 Å². The van der Waals surface area contributed by atoms with E-state index >= 15 is 0 Å². The van der Waals surface area contributed by atoms with Crippen molar-refractivity contribution >= 4 is 51.9 Å². The molecular weight excluding hydrogens is 633 g/mol. The Labute approximate surface area is 276 Å². The van der Waals surface area contributed by atoms with Crippen LogP contribution in [0.3, 0.4) is 0 Å². The lowest BCUT2D eigenvalue weighted by molar-refractivity contribution is 0.269. The van der Waals surface area contributed by atoms with Crippen molar-refractivity contribution < 1.29 is 14.2 Å². The van der Waals surface area contributed by atoms with Crippen molar-refractivity contribution in [3.8, 4) is 28.6 Å². The standard InChI is InChI=1S/C35H32Cl3N3O4/c1-6-44-32-16-23(15-29(38)33(32)45-19-22-11-12-27(36)28(37)14-22)18-39-41-34(40-30-10-8-7-9-24(30)35(41)42)26-17-25(20(2)3)31(43-5)13-21(26)4/h7-18,20H,6,19H2,1-5H3. The van der Waals surface area contributed by atoms with Gasteiger partial charge in [-0.15, -0.1) is 0 Å². The van der Waals surface area contributed by atoms with Gasteiger partial charge in [0.05, 0.1) is 45.9 Å². The fourth-order valence-electron chi connectivity index (χ4n) is 4.95. The molecule has 5 rings (SSSR count). The third kappa shape index (κ3) is 6.96. The molecule has 232 valence electrons. The molecule has 0 amide bonds. The molecule has 0 saturated carbocycles. The molecule has 0 N–H and O–H groups in total. The van der Waals surface area contributed by atoms with Crippen molar-refractivity contribution in [2.75, 3.05) is 13.7 Å². The summed E-state index contributed by atoms with van der Waals surface area (Å²) in [5.74, 6) is 2.18. The molecule has 0 saturated heterocycles. The van der Waals surface area contributed by atoms with Gasteiger partial charge in [0.25, 0.3) is 5.56 Å². The maximum Gasteiger partial charge on any atom is 0.282 e. The van der Waals surface area contributed by atoms with Crippen LogP contribution in [-0.2, 0) is 6.61 Å². The van der Waals surface area contributed by atoms with Gasteiger partial charge in [-0.25, -0.2) is 4.98 Å². The summed E-state index contributed by atoms with van der Waals surface area (Å²) in [7, 11) is 1.65. The molecule has 4 aromatic carbocycles. The predicted octanol–water partition coefficient (Wildman–Crippen LogP) is 9.32. The first-order chi connectivity index (χ1) is 21.6. The molecule has 45 heavy (non-hydrogen) atoms. The number of hydrogen-bond donors (Lipinski definition) is 0. The number of aryl methyl sites for hydroxylation is 1. The lowest BCUT2D eigenvalue weighted by Crippen LogP contribution is -2.20. The van der Waals surface area contributed by atoms with Crippen molar-refractivity contribution in [2.24, 2.45) is 5.10 Å². The molecule has 0 atom stereocenters. The second-order valence-corrected chi connectivity index (χ2v) is 11.9. The van der Waals surface area contributed by atoms with Gasteiger partial charge in [-0.3, -0.25) is 4.79 Å². The molecule has 0 unspecified atom stereocenters. The van der Waals surface area contributed by atoms with E-state index in [-0.39, 0.29) is 18.1 Å². The molecule has 0 aliphatic heterocycles. The van der Waals surface area contributed by atoms with Crippen LogP contribution in [0.1, 0.15) is 48.9 Å². The predicted molar refractivity (Wildman–Crippen MR) is 183 cm³/mol. The molecule has 0 radical (unpaired) electrons. The summed E-state index contributed by atoms with van der Waals surface area (Å²) in [6.07, 6.45) is 1.56. The van der Waals surface area contributed by atoms with E-state index in [0.717, 1.165) is 28.0 Å². The van der Waals surface area contributed by atoms with Crippen LogP contribution in [0.4, 0.5) is 0 Å². The van der Waals surface area contributed by atoms with Crippen LogP contribution in [0.5, 0.6) is 17.2 Å². The van der Waals surface area contributed by atoms with Gasteiger partial charge in [0.2, 0.25) is 0 Å². The van der Waals surface area contributed by atoms with Crippen molar-refractivity contribution in [3.63, 3.8) is 0 Å². The summed E-state index contributed by atoms with van der Waals surface area (Å²) in [4.78, 5) is 18.7. The number of halogens is 3. The van der Waals surface area contributed by atoms with Crippen LogP contribution in [0.25, 0.3) is 22.3 Å². The number of methoxy groups -OCH3 is 1. The summed E-state index contributed by atoms with van der Waals surface area (Å²) in [5, 5.41) is 6.31. The zero-order chi connectivity index (χ0) is 32.2. The van der Waals surface area contributed by atoms with E-state index in [9.17, 15) is 4.79 Å². The Morgan fingerprint density at radius 2 is 1.71 bits per heavy atom. The monoisotopic (exact) mass is 663 g/mol. The van der Waals surface area contributed by atoms with Crippen molar-refractivity contribution in [1.29, 1.82) is 0 Å². The van der Waals surface area contributed by atoms with Gasteiger partial charge >= 0.3 is 0 Å². The topological polar surface area (TPSA) is 74.9 Å². The zero-order valence-corrected chi connectivity index (χ0v) is 27.8.